The van der Waals surface area contributed by atoms with Crippen molar-refractivity contribution in [1.82, 2.24) is 5.32 Å². The van der Waals surface area contributed by atoms with Crippen LogP contribution in [0.3, 0.4) is 0 Å². The average molecular weight is 658 g/mol. The third-order valence-electron chi connectivity index (χ3n) is 7.88. The quantitative estimate of drug-likeness (QED) is 0.0962. The van der Waals surface area contributed by atoms with E-state index in [1.54, 1.807) is 12.1 Å². The monoisotopic (exact) mass is 657 g/mol. The van der Waals surface area contributed by atoms with Gasteiger partial charge < -0.3 is 20.5 Å². The van der Waals surface area contributed by atoms with Gasteiger partial charge in [0.05, 0.1) is 16.2 Å². The van der Waals surface area contributed by atoms with Gasteiger partial charge in [0.1, 0.15) is 17.5 Å². The second-order valence-electron chi connectivity index (χ2n) is 12.5. The Morgan fingerprint density at radius 1 is 0.776 bits per heavy atom. The first-order valence-electron chi connectivity index (χ1n) is 15.5. The molecule has 0 radical (unpaired) electrons. The Labute approximate surface area is 283 Å². The van der Waals surface area contributed by atoms with E-state index in [-0.39, 0.29) is 40.3 Å². The highest BCUT2D eigenvalue weighted by Crippen LogP contribution is 2.29. The predicted molar refractivity (Wildman–Crippen MR) is 187 cm³/mol. The Bertz CT molecular complexity index is 1970. The van der Waals surface area contributed by atoms with Gasteiger partial charge >= 0.3 is 5.97 Å². The molecule has 1 atom stereocenters. The molecule has 0 aliphatic heterocycles. The number of nitro groups is 1. The lowest BCUT2D eigenvalue weighted by molar-refractivity contribution is -0.384. The van der Waals surface area contributed by atoms with Crippen LogP contribution in [0.1, 0.15) is 52.6 Å². The Hall–Kier alpha value is -6.29. The normalized spacial score (nSPS) is 11.7. The molecular weight excluding hydrogens is 622 g/mol. The van der Waals surface area contributed by atoms with E-state index in [2.05, 4.69) is 31.4 Å². The molecule has 3 N–H and O–H groups in total. The summed E-state index contributed by atoms with van der Waals surface area (Å²) in [5.41, 5.74) is 3.99. The van der Waals surface area contributed by atoms with Crippen molar-refractivity contribution >= 4 is 29.2 Å². The van der Waals surface area contributed by atoms with Gasteiger partial charge in [-0.3, -0.25) is 19.7 Å². The van der Waals surface area contributed by atoms with E-state index >= 15 is 0 Å². The SMILES string of the molecule is CC(C)(C)c1ccc(C(=O)Nc2ccc(Oc3ccc([N+](=O)[O-])cc3)cc2C(=O)N[C@@H](Cc2ccc(-c3ccccc3)cc2)C(=O)O)cc1. The van der Waals surface area contributed by atoms with Crippen molar-refractivity contribution < 1.29 is 29.2 Å². The highest BCUT2D eigenvalue weighted by Gasteiger charge is 2.24. The Balaban J connectivity index is 1.40. The summed E-state index contributed by atoms with van der Waals surface area (Å²) in [6.07, 6.45) is 0.0109. The van der Waals surface area contributed by atoms with E-state index in [4.69, 9.17) is 4.74 Å². The van der Waals surface area contributed by atoms with Gasteiger partial charge in [-0.25, -0.2) is 4.79 Å². The van der Waals surface area contributed by atoms with Gasteiger partial charge in [-0.05, 0) is 70.1 Å². The fraction of sp³-hybridized carbons (Fsp3) is 0.154. The molecule has 0 heterocycles. The molecule has 0 saturated heterocycles. The minimum Gasteiger partial charge on any atom is -0.480 e. The van der Waals surface area contributed by atoms with Crippen LogP contribution in [-0.2, 0) is 16.6 Å². The summed E-state index contributed by atoms with van der Waals surface area (Å²) in [6.45, 7) is 6.20. The van der Waals surface area contributed by atoms with E-state index < -0.39 is 28.7 Å². The fourth-order valence-corrected chi connectivity index (χ4v) is 5.11. The van der Waals surface area contributed by atoms with E-state index in [1.165, 1.54) is 42.5 Å². The third-order valence-corrected chi connectivity index (χ3v) is 7.88. The number of nitro benzene ring substituents is 1. The number of carboxylic acid groups (broad SMARTS) is 1. The maximum absolute atomic E-state index is 13.8. The smallest absolute Gasteiger partial charge is 0.326 e. The van der Waals surface area contributed by atoms with E-state index in [9.17, 15) is 29.6 Å². The van der Waals surface area contributed by atoms with Crippen molar-refractivity contribution in [2.24, 2.45) is 0 Å². The van der Waals surface area contributed by atoms with Crippen molar-refractivity contribution in [3.63, 3.8) is 0 Å². The number of amides is 2. The molecule has 5 aromatic carbocycles. The van der Waals surface area contributed by atoms with Gasteiger partial charge in [0, 0.05) is 24.1 Å². The minimum atomic E-state index is -1.29. The maximum Gasteiger partial charge on any atom is 0.326 e. The number of benzene rings is 5. The lowest BCUT2D eigenvalue weighted by Crippen LogP contribution is -2.42. The number of nitrogens with one attached hydrogen (secondary N) is 2. The van der Waals surface area contributed by atoms with Crippen molar-refractivity contribution in [3.05, 3.63) is 154 Å². The number of rotatable bonds is 11. The number of non-ortho nitro benzene ring substituents is 1. The number of aliphatic carboxylic acids is 1. The molecule has 2 amide bonds. The number of carboxylic acids is 1. The zero-order valence-corrected chi connectivity index (χ0v) is 27.2. The molecule has 0 bridgehead atoms. The van der Waals surface area contributed by atoms with E-state index in [1.807, 2.05) is 66.7 Å². The van der Waals surface area contributed by atoms with Gasteiger partial charge in [-0.15, -0.1) is 0 Å². The molecule has 0 aromatic heterocycles. The lowest BCUT2D eigenvalue weighted by atomic mass is 9.86. The van der Waals surface area contributed by atoms with Crippen LogP contribution in [0.5, 0.6) is 11.5 Å². The van der Waals surface area contributed by atoms with Crippen LogP contribution >= 0.6 is 0 Å². The molecule has 0 aliphatic carbocycles. The number of nitrogens with zero attached hydrogens (tertiary/aromatic N) is 1. The topological polar surface area (TPSA) is 148 Å². The predicted octanol–water partition coefficient (Wildman–Crippen LogP) is 8.03. The molecule has 248 valence electrons. The minimum absolute atomic E-state index is 0.0109. The molecule has 0 aliphatic rings. The largest absolute Gasteiger partial charge is 0.480 e. The number of ether oxygens (including phenoxy) is 1. The molecule has 49 heavy (non-hydrogen) atoms. The van der Waals surface area contributed by atoms with Crippen LogP contribution in [0.2, 0.25) is 0 Å². The lowest BCUT2D eigenvalue weighted by Gasteiger charge is -2.19. The van der Waals surface area contributed by atoms with Gasteiger partial charge in [0.15, 0.2) is 0 Å². The molecule has 10 nitrogen and oxygen atoms in total. The Morgan fingerprint density at radius 2 is 1.39 bits per heavy atom. The molecule has 0 unspecified atom stereocenters. The van der Waals surface area contributed by atoms with Crippen LogP contribution in [0.4, 0.5) is 11.4 Å². The molecule has 0 saturated carbocycles. The van der Waals surface area contributed by atoms with Gasteiger partial charge in [-0.2, -0.15) is 0 Å². The van der Waals surface area contributed by atoms with Crippen molar-refractivity contribution in [1.29, 1.82) is 0 Å². The molecule has 0 fully saturated rings. The first-order valence-corrected chi connectivity index (χ1v) is 15.5. The van der Waals surface area contributed by atoms with Crippen LogP contribution in [-0.4, -0.2) is 33.9 Å². The zero-order chi connectivity index (χ0) is 35.1. The van der Waals surface area contributed by atoms with Crippen molar-refractivity contribution in [2.45, 2.75) is 38.6 Å². The summed E-state index contributed by atoms with van der Waals surface area (Å²) in [7, 11) is 0. The zero-order valence-electron chi connectivity index (χ0n) is 27.2. The maximum atomic E-state index is 13.8. The van der Waals surface area contributed by atoms with Gasteiger partial charge in [0.25, 0.3) is 17.5 Å². The van der Waals surface area contributed by atoms with Crippen LogP contribution in [0, 0.1) is 10.1 Å². The Morgan fingerprint density at radius 3 is 1.98 bits per heavy atom. The highest BCUT2D eigenvalue weighted by atomic mass is 16.6. The molecule has 0 spiro atoms. The van der Waals surface area contributed by atoms with Crippen LogP contribution in [0.25, 0.3) is 11.1 Å². The summed E-state index contributed by atoms with van der Waals surface area (Å²) >= 11 is 0. The summed E-state index contributed by atoms with van der Waals surface area (Å²) in [5, 5.41) is 26.5. The van der Waals surface area contributed by atoms with Gasteiger partial charge in [-0.1, -0.05) is 87.5 Å². The number of carbonyl (C=O) groups excluding carboxylic acids is 2. The highest BCUT2D eigenvalue weighted by molar-refractivity contribution is 6.09. The van der Waals surface area contributed by atoms with Gasteiger partial charge in [0.2, 0.25) is 0 Å². The fourth-order valence-electron chi connectivity index (χ4n) is 5.11. The summed E-state index contributed by atoms with van der Waals surface area (Å²) in [6, 6.07) is 32.8. The first kappa shape index (κ1) is 34.1. The first-order chi connectivity index (χ1) is 23.4. The van der Waals surface area contributed by atoms with Crippen LogP contribution < -0.4 is 15.4 Å². The summed E-state index contributed by atoms with van der Waals surface area (Å²) in [5.74, 6) is -1.99. The number of anilines is 1. The molecule has 5 aromatic rings. The van der Waals surface area contributed by atoms with Crippen LogP contribution in [0.15, 0.2) is 121 Å². The Kier molecular flexibility index (Phi) is 10.2. The number of carbonyl (C=O) groups is 3. The van der Waals surface area contributed by atoms with Crippen molar-refractivity contribution in [2.75, 3.05) is 5.32 Å². The number of hydrogen-bond acceptors (Lipinski definition) is 6. The van der Waals surface area contributed by atoms with E-state index in [0.29, 0.717) is 11.1 Å². The third kappa shape index (κ3) is 8.75. The standard InChI is InChI=1S/C39H35N3O7/c1-39(2,3)29-15-13-28(14-16-29)36(43)40-34-22-21-32(49-31-19-17-30(18-20-31)42(47)48)24-33(34)37(44)41-35(38(45)46)23-25-9-11-27(12-10-25)26-7-5-4-6-8-26/h4-22,24,35H,23H2,1-3H3,(H,40,43)(H,41,44)(H,45,46)/t35-/m0/s1. The molecule has 10 heteroatoms. The molecule has 5 rings (SSSR count). The van der Waals surface area contributed by atoms with E-state index in [0.717, 1.165) is 16.7 Å². The second kappa shape index (κ2) is 14.6. The number of hydrogen-bond donors (Lipinski definition) is 3. The average Bonchev–Trinajstić information content (AvgIpc) is 3.09. The summed E-state index contributed by atoms with van der Waals surface area (Å²) < 4.78 is 5.86. The second-order valence-corrected chi connectivity index (χ2v) is 12.5. The van der Waals surface area contributed by atoms with Crippen molar-refractivity contribution in [3.8, 4) is 22.6 Å². The summed E-state index contributed by atoms with van der Waals surface area (Å²) in [4.78, 5) is 49.9. The molecular formula is C39H35N3O7.